The molecule has 276 valence electrons. The van der Waals surface area contributed by atoms with E-state index in [1.54, 1.807) is 0 Å². The molecule has 2 heterocycles. The Kier molecular flexibility index (Phi) is 11.4. The number of alkyl halides is 10. The molecule has 0 saturated carbocycles. The summed E-state index contributed by atoms with van der Waals surface area (Å²) < 4.78 is 181. The second-order valence-corrected chi connectivity index (χ2v) is 13.5. The second-order valence-electron chi connectivity index (χ2n) is 10.7. The van der Waals surface area contributed by atoms with Crippen LogP contribution >= 0.6 is 0 Å². The minimum absolute atomic E-state index is 0.0959. The van der Waals surface area contributed by atoms with Crippen molar-refractivity contribution in [3.05, 3.63) is 58.7 Å². The van der Waals surface area contributed by atoms with E-state index < -0.39 is 104 Å². The molecule has 0 radical (unpaired) electrons. The smallest absolute Gasteiger partial charge is 0.368 e. The van der Waals surface area contributed by atoms with Crippen molar-refractivity contribution in [3.8, 4) is 11.4 Å². The molecule has 24 heteroatoms. The van der Waals surface area contributed by atoms with Crippen molar-refractivity contribution in [1.82, 2.24) is 29.5 Å². The van der Waals surface area contributed by atoms with E-state index in [2.05, 4.69) is 20.2 Å². The summed E-state index contributed by atoms with van der Waals surface area (Å²) >= 11 is 0. The molecule has 4 N–H and O–H groups in total. The molecule has 0 bridgehead atoms. The molecule has 2 atom stereocenters. The van der Waals surface area contributed by atoms with Crippen molar-refractivity contribution >= 4 is 33.5 Å². The quantitative estimate of drug-likeness (QED) is 0.203. The van der Waals surface area contributed by atoms with E-state index in [1.807, 2.05) is 0 Å². The van der Waals surface area contributed by atoms with Gasteiger partial charge in [0.25, 0.3) is 23.5 Å². The van der Waals surface area contributed by atoms with Crippen LogP contribution in [0.25, 0.3) is 11.4 Å². The third-order valence-electron chi connectivity index (χ3n) is 5.98. The molecule has 10 nitrogen and oxygen atoms in total. The van der Waals surface area contributed by atoms with E-state index in [-0.39, 0.29) is 20.9 Å². The molecule has 0 unspecified atom stereocenters. The monoisotopic (exact) mass is 772 g/mol. The predicted octanol–water partition coefficient (Wildman–Crippen LogP) is 6.16. The fourth-order valence-corrected chi connectivity index (χ4v) is 6.51. The Morgan fingerprint density at radius 3 is 1.16 bits per heavy atom. The highest BCUT2D eigenvalue weighted by molar-refractivity contribution is 7.85. The first-order chi connectivity index (χ1) is 22.6. The Balaban J connectivity index is 0.000000270. The number of benzene rings is 2. The first kappa shape index (κ1) is 40.2. The zero-order valence-electron chi connectivity index (χ0n) is 25.7. The lowest BCUT2D eigenvalue weighted by molar-refractivity contribution is -0.145. The Morgan fingerprint density at radius 2 is 0.920 bits per heavy atom. The summed E-state index contributed by atoms with van der Waals surface area (Å²) in [7, 11) is -4.43. The van der Waals surface area contributed by atoms with Crippen LogP contribution in [0, 0.1) is 25.5 Å². The molecular formula is C26H24F12N8O2S2. The number of aromatic nitrogens is 6. The molecular weight excluding hydrogens is 748 g/mol. The number of rotatable bonds is 8. The van der Waals surface area contributed by atoms with Crippen LogP contribution in [-0.4, -0.2) is 61.3 Å². The number of hydrogen-bond donors (Lipinski definition) is 2. The van der Waals surface area contributed by atoms with Gasteiger partial charge in [0, 0.05) is 23.6 Å². The second kappa shape index (κ2) is 14.2. The molecule has 2 aromatic heterocycles. The number of aryl methyl sites for hydroxylation is 2. The maximum atomic E-state index is 14.1. The minimum Gasteiger partial charge on any atom is -0.368 e. The SMILES string of the molecule is Cc1cc(F)c(-n2nc(C(F)(F)F)nc2N)cc1[S@@](=O)CC(C)(F)F.Cc1cc(F)c(-n2nc(C(F)(F)F)nc2N)cc1[S@](=O)CC(C)(F)F. The lowest BCUT2D eigenvalue weighted by Crippen LogP contribution is -2.21. The summed E-state index contributed by atoms with van der Waals surface area (Å²) in [4.78, 5) is 5.66. The number of nitrogens with two attached hydrogens (primary N) is 2. The van der Waals surface area contributed by atoms with Crippen molar-refractivity contribution < 1.29 is 61.1 Å². The molecule has 0 aliphatic heterocycles. The van der Waals surface area contributed by atoms with Gasteiger partial charge in [0.1, 0.15) is 23.0 Å². The number of anilines is 2. The highest BCUT2D eigenvalue weighted by Crippen LogP contribution is 2.32. The van der Waals surface area contributed by atoms with Crippen molar-refractivity contribution in [2.75, 3.05) is 23.0 Å². The van der Waals surface area contributed by atoms with Gasteiger partial charge in [-0.1, -0.05) is 0 Å². The average Bonchev–Trinajstić information content (AvgIpc) is 3.50. The lowest BCUT2D eigenvalue weighted by Gasteiger charge is -2.13. The topological polar surface area (TPSA) is 148 Å². The normalized spacial score (nSPS) is 13.9. The van der Waals surface area contributed by atoms with Crippen molar-refractivity contribution in [2.45, 2.75) is 61.7 Å². The zero-order valence-corrected chi connectivity index (χ0v) is 27.4. The van der Waals surface area contributed by atoms with Gasteiger partial charge >= 0.3 is 12.4 Å². The molecule has 0 aliphatic carbocycles. The van der Waals surface area contributed by atoms with Gasteiger partial charge in [-0.05, 0) is 49.2 Å². The van der Waals surface area contributed by atoms with E-state index in [4.69, 9.17) is 11.5 Å². The number of halogens is 12. The highest BCUT2D eigenvalue weighted by Gasteiger charge is 2.38. The van der Waals surface area contributed by atoms with Crippen LogP contribution in [0.15, 0.2) is 34.1 Å². The van der Waals surface area contributed by atoms with Crippen LogP contribution in [0.2, 0.25) is 0 Å². The third kappa shape index (κ3) is 9.94. The molecule has 50 heavy (non-hydrogen) atoms. The van der Waals surface area contributed by atoms with Crippen molar-refractivity contribution in [2.24, 2.45) is 0 Å². The van der Waals surface area contributed by atoms with Crippen LogP contribution in [0.5, 0.6) is 0 Å². The molecule has 0 amide bonds. The predicted molar refractivity (Wildman–Crippen MR) is 155 cm³/mol. The van der Waals surface area contributed by atoms with Gasteiger partial charge < -0.3 is 11.5 Å². The van der Waals surface area contributed by atoms with E-state index in [0.717, 1.165) is 24.3 Å². The first-order valence-corrected chi connectivity index (χ1v) is 16.0. The molecule has 0 fully saturated rings. The van der Waals surface area contributed by atoms with E-state index >= 15 is 0 Å². The largest absolute Gasteiger partial charge is 0.453 e. The van der Waals surface area contributed by atoms with Crippen LogP contribution in [-0.2, 0) is 34.0 Å². The summed E-state index contributed by atoms with van der Waals surface area (Å²) in [5.41, 5.74) is 9.71. The number of hydrogen-bond acceptors (Lipinski definition) is 8. The molecule has 0 aliphatic rings. The van der Waals surface area contributed by atoms with Crippen LogP contribution in [0.1, 0.15) is 36.6 Å². The van der Waals surface area contributed by atoms with Crippen LogP contribution in [0.4, 0.5) is 64.6 Å². The van der Waals surface area contributed by atoms with Gasteiger partial charge in [-0.2, -0.15) is 45.7 Å². The molecule has 0 saturated heterocycles. The maximum Gasteiger partial charge on any atom is 0.453 e. The van der Waals surface area contributed by atoms with E-state index in [9.17, 15) is 61.1 Å². The summed E-state index contributed by atoms with van der Waals surface area (Å²) in [6, 6.07) is 3.45. The van der Waals surface area contributed by atoms with Gasteiger partial charge in [-0.3, -0.25) is 8.42 Å². The van der Waals surface area contributed by atoms with Crippen LogP contribution in [0.3, 0.4) is 0 Å². The van der Waals surface area contributed by atoms with Crippen molar-refractivity contribution in [1.29, 1.82) is 0 Å². The third-order valence-corrected chi connectivity index (χ3v) is 9.38. The summed E-state index contributed by atoms with van der Waals surface area (Å²) in [6.07, 6.45) is -9.81. The Morgan fingerprint density at radius 1 is 0.620 bits per heavy atom. The number of nitrogens with zero attached hydrogens (tertiary/aromatic N) is 6. The van der Waals surface area contributed by atoms with Gasteiger partial charge in [0.05, 0.1) is 33.1 Å². The first-order valence-electron chi connectivity index (χ1n) is 13.3. The number of nitrogen functional groups attached to an aromatic ring is 2. The minimum atomic E-state index is -4.91. The lowest BCUT2D eigenvalue weighted by atomic mass is 10.2. The fraction of sp³-hybridized carbons (Fsp3) is 0.385. The average molecular weight is 773 g/mol. The summed E-state index contributed by atoms with van der Waals surface area (Å²) in [5, 5.41) is 6.17. The Hall–Kier alpha value is -4.22. The highest BCUT2D eigenvalue weighted by atomic mass is 32.2. The molecule has 4 rings (SSSR count). The summed E-state index contributed by atoms with van der Waals surface area (Å²) in [5.74, 6) is -15.3. The van der Waals surface area contributed by atoms with E-state index in [0.29, 0.717) is 23.2 Å². The van der Waals surface area contributed by atoms with Crippen molar-refractivity contribution in [3.63, 3.8) is 0 Å². The van der Waals surface area contributed by atoms with Gasteiger partial charge in [-0.15, -0.1) is 10.2 Å². The molecule has 4 aromatic rings. The summed E-state index contributed by atoms with van der Waals surface area (Å²) in [6.45, 7) is 3.80. The Bertz CT molecular complexity index is 1790. The maximum absolute atomic E-state index is 14.1. The molecule has 2 aromatic carbocycles. The van der Waals surface area contributed by atoms with E-state index in [1.165, 1.54) is 13.8 Å². The molecule has 0 spiro atoms. The fourth-order valence-electron chi connectivity index (χ4n) is 3.96. The van der Waals surface area contributed by atoms with Gasteiger partial charge in [-0.25, -0.2) is 26.3 Å². The van der Waals surface area contributed by atoms with Gasteiger partial charge in [0.2, 0.25) is 11.9 Å². The zero-order chi connectivity index (χ0) is 38.3. The van der Waals surface area contributed by atoms with Gasteiger partial charge in [0.15, 0.2) is 0 Å². The van der Waals surface area contributed by atoms with Crippen LogP contribution < -0.4 is 11.5 Å². The standard InChI is InChI=1S/2C13H12F6N4OS/c2*1-6-3-7(14)8(4-9(6)25(24)5-12(2,15)16)23-11(20)21-10(22-23)13(17,18)19/h2*3-4H,5H2,1-2H3,(H2,20,21,22)/t2*25-/m10/s1. The Labute approximate surface area is 278 Å².